The molecule has 0 unspecified atom stereocenters. The quantitative estimate of drug-likeness (QED) is 0.167. The number of benzene rings is 10. The van der Waals surface area contributed by atoms with E-state index in [1.165, 1.54) is 93.2 Å². The smallest absolute Gasteiger partial charge is 0.143 e. The highest BCUT2D eigenvalue weighted by Crippen LogP contribution is 2.49. The molecule has 0 saturated carbocycles. The van der Waals surface area contributed by atoms with Gasteiger partial charge in [-0.3, -0.25) is 0 Å². The lowest BCUT2D eigenvalue weighted by Gasteiger charge is -2.20. The van der Waals surface area contributed by atoms with Crippen LogP contribution in [0.15, 0.2) is 186 Å². The van der Waals surface area contributed by atoms with Gasteiger partial charge in [-0.05, 0) is 114 Å². The van der Waals surface area contributed by atoms with E-state index in [1.807, 2.05) is 0 Å². The van der Waals surface area contributed by atoms with Crippen molar-refractivity contribution in [2.75, 3.05) is 0 Å². The fourth-order valence-electron chi connectivity index (χ4n) is 9.40. The van der Waals surface area contributed by atoms with Crippen molar-refractivity contribution in [2.24, 2.45) is 0 Å². The van der Waals surface area contributed by atoms with Crippen LogP contribution in [0.2, 0.25) is 0 Å². The van der Waals surface area contributed by atoms with Crippen LogP contribution in [0.1, 0.15) is 11.1 Å². The molecule has 0 fully saturated rings. The summed E-state index contributed by atoms with van der Waals surface area (Å²) in [7, 11) is 0. The largest absolute Gasteiger partial charge is 0.455 e. The molecule has 1 nitrogen and oxygen atoms in total. The molecule has 1 heteroatoms. The maximum Gasteiger partial charge on any atom is 0.143 e. The van der Waals surface area contributed by atoms with Crippen molar-refractivity contribution in [3.05, 3.63) is 193 Å². The van der Waals surface area contributed by atoms with Crippen molar-refractivity contribution >= 4 is 65.0 Å². The predicted molar refractivity (Wildman–Crippen MR) is 235 cm³/mol. The van der Waals surface area contributed by atoms with E-state index in [2.05, 4.69) is 196 Å². The normalized spacial score (nSPS) is 11.8. The summed E-state index contributed by atoms with van der Waals surface area (Å²) in [4.78, 5) is 0. The van der Waals surface area contributed by atoms with Crippen LogP contribution >= 0.6 is 0 Å². The molecule has 0 aliphatic heterocycles. The molecule has 0 N–H and O–H groups in total. The molecule has 258 valence electrons. The van der Waals surface area contributed by atoms with Gasteiger partial charge in [-0.2, -0.15) is 0 Å². The topological polar surface area (TPSA) is 13.1 Å². The first-order valence-electron chi connectivity index (χ1n) is 19.1. The summed E-state index contributed by atoms with van der Waals surface area (Å²) in [5, 5.41) is 12.2. The minimum Gasteiger partial charge on any atom is -0.455 e. The Labute approximate surface area is 319 Å². The summed E-state index contributed by atoms with van der Waals surface area (Å²) >= 11 is 0. The van der Waals surface area contributed by atoms with E-state index in [4.69, 9.17) is 4.42 Å². The van der Waals surface area contributed by atoms with Crippen LogP contribution in [0.5, 0.6) is 0 Å². The minimum absolute atomic E-state index is 0.890. The molecule has 0 bridgehead atoms. The molecule has 55 heavy (non-hydrogen) atoms. The maximum absolute atomic E-state index is 6.92. The van der Waals surface area contributed by atoms with Gasteiger partial charge in [0.05, 0.1) is 0 Å². The van der Waals surface area contributed by atoms with Gasteiger partial charge in [0.1, 0.15) is 11.2 Å². The Kier molecular flexibility index (Phi) is 7.06. The monoisotopic (exact) mass is 700 g/mol. The summed E-state index contributed by atoms with van der Waals surface area (Å²) in [6.07, 6.45) is 0. The fraction of sp³-hybridized carbons (Fsp3) is 0.0370. The van der Waals surface area contributed by atoms with Gasteiger partial charge < -0.3 is 4.42 Å². The average Bonchev–Trinajstić information content (AvgIpc) is 3.61. The molecule has 0 aliphatic carbocycles. The number of hydrogen-bond acceptors (Lipinski definition) is 1. The fourth-order valence-corrected chi connectivity index (χ4v) is 9.40. The second-order valence-electron chi connectivity index (χ2n) is 14.8. The molecule has 0 radical (unpaired) electrons. The highest BCUT2D eigenvalue weighted by molar-refractivity contribution is 6.25. The van der Waals surface area contributed by atoms with E-state index < -0.39 is 0 Å². The second kappa shape index (κ2) is 12.3. The van der Waals surface area contributed by atoms with Crippen LogP contribution in [0.25, 0.3) is 110 Å². The third-order valence-corrected chi connectivity index (χ3v) is 11.7. The van der Waals surface area contributed by atoms with Crippen molar-refractivity contribution in [1.29, 1.82) is 0 Å². The molecule has 0 atom stereocenters. The van der Waals surface area contributed by atoms with Gasteiger partial charge in [-0.15, -0.1) is 0 Å². The minimum atomic E-state index is 0.890. The predicted octanol–water partition coefficient (Wildman–Crippen LogP) is 15.5. The van der Waals surface area contributed by atoms with Crippen molar-refractivity contribution < 1.29 is 4.42 Å². The number of fused-ring (bicyclic) bond motifs is 7. The van der Waals surface area contributed by atoms with Crippen LogP contribution in [0, 0.1) is 13.8 Å². The van der Waals surface area contributed by atoms with E-state index in [1.54, 1.807) is 0 Å². The van der Waals surface area contributed by atoms with E-state index in [-0.39, 0.29) is 0 Å². The Morgan fingerprint density at radius 2 is 0.727 bits per heavy atom. The van der Waals surface area contributed by atoms with Crippen molar-refractivity contribution in [3.63, 3.8) is 0 Å². The summed E-state index contributed by atoms with van der Waals surface area (Å²) in [6.45, 7) is 4.46. The Bertz CT molecular complexity index is 3190. The van der Waals surface area contributed by atoms with Crippen LogP contribution in [-0.2, 0) is 0 Å². The molecule has 0 aliphatic rings. The zero-order valence-corrected chi connectivity index (χ0v) is 30.7. The highest BCUT2D eigenvalue weighted by Gasteiger charge is 2.22. The maximum atomic E-state index is 6.92. The van der Waals surface area contributed by atoms with Crippen LogP contribution in [-0.4, -0.2) is 0 Å². The molecule has 0 amide bonds. The average molecular weight is 701 g/mol. The highest BCUT2D eigenvalue weighted by atomic mass is 16.3. The second-order valence-corrected chi connectivity index (χ2v) is 14.8. The van der Waals surface area contributed by atoms with Gasteiger partial charge in [0.2, 0.25) is 0 Å². The molecule has 11 aromatic rings. The molecule has 11 rings (SSSR count). The lowest BCUT2D eigenvalue weighted by atomic mass is 9.83. The summed E-state index contributed by atoms with van der Waals surface area (Å²) < 4.78 is 6.92. The summed E-state index contributed by atoms with van der Waals surface area (Å²) in [5.74, 6) is 0. The van der Waals surface area contributed by atoms with Gasteiger partial charge in [0, 0.05) is 21.9 Å². The van der Waals surface area contributed by atoms with Gasteiger partial charge >= 0.3 is 0 Å². The Hall–Kier alpha value is -6.96. The standard InChI is InChI=1S/C54H36O/c1-33-16-14-17-34(2)49(33)53-43-26-12-8-22-39(43)51(40-23-9-13-27-44(40)53)36-30-31-48-47(32-36)45-28-15-29-46(54(45)55-48)52-41-24-10-6-20-37(41)50(35-18-4-3-5-19-35)38-21-7-11-25-42(38)52/h3-32H,1-2H3. The molecular formula is C54H36O. The zero-order valence-electron chi connectivity index (χ0n) is 30.7. The summed E-state index contributed by atoms with van der Waals surface area (Å²) in [5.41, 5.74) is 14.2. The third kappa shape index (κ3) is 4.73. The lowest BCUT2D eigenvalue weighted by Crippen LogP contribution is -1.94. The van der Waals surface area contributed by atoms with Gasteiger partial charge in [-0.1, -0.05) is 170 Å². The van der Waals surface area contributed by atoms with Crippen LogP contribution in [0.4, 0.5) is 0 Å². The van der Waals surface area contributed by atoms with Gasteiger partial charge in [0.15, 0.2) is 0 Å². The first-order valence-corrected chi connectivity index (χ1v) is 19.1. The summed E-state index contributed by atoms with van der Waals surface area (Å²) in [6, 6.07) is 66.3. The Morgan fingerprint density at radius 1 is 0.291 bits per heavy atom. The molecule has 1 aromatic heterocycles. The van der Waals surface area contributed by atoms with Crippen molar-refractivity contribution in [2.45, 2.75) is 13.8 Å². The van der Waals surface area contributed by atoms with E-state index in [0.29, 0.717) is 0 Å². The van der Waals surface area contributed by atoms with Gasteiger partial charge in [0.25, 0.3) is 0 Å². The molecular weight excluding hydrogens is 665 g/mol. The van der Waals surface area contributed by atoms with Crippen molar-refractivity contribution in [3.8, 4) is 44.5 Å². The Balaban J connectivity index is 1.18. The first kappa shape index (κ1) is 31.6. The number of para-hydroxylation sites is 1. The third-order valence-electron chi connectivity index (χ3n) is 11.7. The molecule has 1 heterocycles. The SMILES string of the molecule is Cc1cccc(C)c1-c1c2ccccc2c(-c2ccc3oc4c(-c5c6ccccc6c(-c6ccccc6)c6ccccc56)cccc4c3c2)c2ccccc12. The number of furan rings is 1. The number of hydrogen-bond donors (Lipinski definition) is 0. The molecule has 0 saturated heterocycles. The van der Waals surface area contributed by atoms with Crippen molar-refractivity contribution in [1.82, 2.24) is 0 Å². The van der Waals surface area contributed by atoms with E-state index in [9.17, 15) is 0 Å². The number of aryl methyl sites for hydroxylation is 2. The first-order chi connectivity index (χ1) is 27.2. The van der Waals surface area contributed by atoms with E-state index in [0.717, 1.165) is 27.5 Å². The van der Waals surface area contributed by atoms with Crippen LogP contribution < -0.4 is 0 Å². The zero-order chi connectivity index (χ0) is 36.6. The molecule has 10 aromatic carbocycles. The van der Waals surface area contributed by atoms with Crippen LogP contribution in [0.3, 0.4) is 0 Å². The van der Waals surface area contributed by atoms with Gasteiger partial charge in [-0.25, -0.2) is 0 Å². The number of rotatable bonds is 4. The lowest BCUT2D eigenvalue weighted by molar-refractivity contribution is 0.670. The Morgan fingerprint density at radius 3 is 1.27 bits per heavy atom. The molecule has 0 spiro atoms. The van der Waals surface area contributed by atoms with E-state index >= 15 is 0 Å².